The summed E-state index contributed by atoms with van der Waals surface area (Å²) in [6.07, 6.45) is 1.14. The first-order valence-electron chi connectivity index (χ1n) is 7.35. The van der Waals surface area contributed by atoms with Crippen molar-refractivity contribution in [2.24, 2.45) is 0 Å². The maximum atomic E-state index is 10.4. The molecule has 3 heteroatoms. The molecule has 1 aromatic carbocycles. The Bertz CT molecular complexity index is 534. The van der Waals surface area contributed by atoms with Gasteiger partial charge in [-0.3, -0.25) is 9.88 Å². The molecule has 0 saturated heterocycles. The van der Waals surface area contributed by atoms with Gasteiger partial charge in [-0.05, 0) is 38.5 Å². The van der Waals surface area contributed by atoms with Crippen LogP contribution in [0.5, 0.6) is 0 Å². The van der Waals surface area contributed by atoms with Gasteiger partial charge in [0.05, 0.1) is 5.69 Å². The molecule has 1 aromatic heterocycles. The Morgan fingerprint density at radius 2 is 1.71 bits per heavy atom. The van der Waals surface area contributed by atoms with Gasteiger partial charge in [0.25, 0.3) is 0 Å². The number of aliphatic hydroxyl groups is 1. The van der Waals surface area contributed by atoms with Crippen molar-refractivity contribution in [2.75, 3.05) is 6.54 Å². The van der Waals surface area contributed by atoms with E-state index in [0.717, 1.165) is 12.2 Å². The molecule has 0 aliphatic carbocycles. The van der Waals surface area contributed by atoms with Crippen LogP contribution >= 0.6 is 0 Å². The van der Waals surface area contributed by atoms with Crippen LogP contribution in [0.25, 0.3) is 0 Å². The van der Waals surface area contributed by atoms with E-state index in [0.29, 0.717) is 6.54 Å². The minimum absolute atomic E-state index is 0.0222. The van der Waals surface area contributed by atoms with Crippen molar-refractivity contribution in [3.63, 3.8) is 0 Å². The minimum Gasteiger partial charge on any atom is -0.385 e. The molecule has 1 heterocycles. The van der Waals surface area contributed by atoms with Gasteiger partial charge in [-0.25, -0.2) is 0 Å². The number of β-amino-alcohol motifs (C(OH)–C–C–N with tert-alkyl or cyclic N) is 1. The lowest BCUT2D eigenvalue weighted by Crippen LogP contribution is -2.43. The summed E-state index contributed by atoms with van der Waals surface area (Å²) >= 11 is 0. The molecular weight excluding hydrogens is 260 g/mol. The molecule has 2 rings (SSSR count). The molecular formula is C18H24N2O. The van der Waals surface area contributed by atoms with Gasteiger partial charge >= 0.3 is 0 Å². The van der Waals surface area contributed by atoms with Crippen LogP contribution in [-0.2, 0) is 6.54 Å². The van der Waals surface area contributed by atoms with E-state index in [1.165, 1.54) is 5.56 Å². The van der Waals surface area contributed by atoms with Gasteiger partial charge in [0.1, 0.15) is 6.10 Å². The molecule has 0 aliphatic heterocycles. The summed E-state index contributed by atoms with van der Waals surface area (Å²) in [5, 5.41) is 10.4. The summed E-state index contributed by atoms with van der Waals surface area (Å²) in [4.78, 5) is 6.52. The molecule has 0 fully saturated rings. The number of nitrogens with zero attached hydrogens (tertiary/aromatic N) is 2. The fourth-order valence-electron chi connectivity index (χ4n) is 2.25. The summed E-state index contributed by atoms with van der Waals surface area (Å²) in [5.74, 6) is 0. The Labute approximate surface area is 127 Å². The molecule has 0 aliphatic rings. The maximum Gasteiger partial charge on any atom is 0.109 e. The lowest BCUT2D eigenvalue weighted by Gasteiger charge is -2.37. The first kappa shape index (κ1) is 15.7. The summed E-state index contributed by atoms with van der Waals surface area (Å²) in [6, 6.07) is 16.0. The third-order valence-corrected chi connectivity index (χ3v) is 3.59. The Morgan fingerprint density at radius 1 is 1.05 bits per heavy atom. The molecule has 0 saturated carbocycles. The second kappa shape index (κ2) is 6.83. The first-order valence-corrected chi connectivity index (χ1v) is 7.35. The number of hydrogen-bond donors (Lipinski definition) is 1. The Kier molecular flexibility index (Phi) is 5.10. The first-order chi connectivity index (χ1) is 9.97. The quantitative estimate of drug-likeness (QED) is 0.914. The van der Waals surface area contributed by atoms with Crippen LogP contribution in [0.15, 0.2) is 54.7 Å². The zero-order valence-corrected chi connectivity index (χ0v) is 13.0. The van der Waals surface area contributed by atoms with Crippen LogP contribution in [0, 0.1) is 0 Å². The third-order valence-electron chi connectivity index (χ3n) is 3.59. The van der Waals surface area contributed by atoms with Crippen molar-refractivity contribution in [3.8, 4) is 0 Å². The van der Waals surface area contributed by atoms with Gasteiger partial charge in [-0.15, -0.1) is 0 Å². The van der Waals surface area contributed by atoms with Gasteiger partial charge in [0, 0.05) is 24.8 Å². The largest absolute Gasteiger partial charge is 0.385 e. The average molecular weight is 284 g/mol. The molecule has 1 unspecified atom stereocenters. The molecule has 112 valence electrons. The number of aliphatic hydroxyl groups excluding tert-OH is 1. The smallest absolute Gasteiger partial charge is 0.109 e. The van der Waals surface area contributed by atoms with E-state index >= 15 is 0 Å². The van der Waals surface area contributed by atoms with Crippen LogP contribution in [0.3, 0.4) is 0 Å². The lowest BCUT2D eigenvalue weighted by atomic mass is 10.0. The molecule has 2 aromatic rings. The zero-order chi connectivity index (χ0) is 15.3. The summed E-state index contributed by atoms with van der Waals surface area (Å²) < 4.78 is 0. The highest BCUT2D eigenvalue weighted by molar-refractivity contribution is 5.15. The molecule has 21 heavy (non-hydrogen) atoms. The molecule has 0 radical (unpaired) electrons. The number of hydrogen-bond acceptors (Lipinski definition) is 3. The fourth-order valence-corrected chi connectivity index (χ4v) is 2.25. The highest BCUT2D eigenvalue weighted by Crippen LogP contribution is 2.21. The van der Waals surface area contributed by atoms with Gasteiger partial charge in [-0.2, -0.15) is 0 Å². The summed E-state index contributed by atoms with van der Waals surface area (Å²) in [5.41, 5.74) is 1.95. The number of aromatic nitrogens is 1. The van der Waals surface area contributed by atoms with Gasteiger partial charge < -0.3 is 5.11 Å². The van der Waals surface area contributed by atoms with Crippen LogP contribution in [0.4, 0.5) is 0 Å². The number of rotatable bonds is 5. The zero-order valence-electron chi connectivity index (χ0n) is 13.0. The molecule has 3 nitrogen and oxygen atoms in total. The summed E-state index contributed by atoms with van der Waals surface area (Å²) in [7, 11) is 0. The average Bonchev–Trinajstić information content (AvgIpc) is 2.47. The van der Waals surface area contributed by atoms with E-state index in [1.54, 1.807) is 6.20 Å². The van der Waals surface area contributed by atoms with Crippen LogP contribution in [0.2, 0.25) is 0 Å². The van der Waals surface area contributed by atoms with E-state index in [9.17, 15) is 5.11 Å². The van der Waals surface area contributed by atoms with Crippen molar-refractivity contribution < 1.29 is 5.11 Å². The van der Waals surface area contributed by atoms with Gasteiger partial charge in [0.2, 0.25) is 0 Å². The lowest BCUT2D eigenvalue weighted by molar-refractivity contribution is 0.0504. The second-order valence-electron chi connectivity index (χ2n) is 6.31. The monoisotopic (exact) mass is 284 g/mol. The van der Waals surface area contributed by atoms with Crippen molar-refractivity contribution >= 4 is 0 Å². The van der Waals surface area contributed by atoms with Crippen LogP contribution < -0.4 is 0 Å². The van der Waals surface area contributed by atoms with E-state index in [-0.39, 0.29) is 5.54 Å². The fraction of sp³-hybridized carbons (Fsp3) is 0.389. The standard InChI is InChI=1S/C18H24N2O/c1-18(2,3)20(13-15-9-5-4-6-10-15)14-17(21)16-11-7-8-12-19-16/h4-12,17,21H,13-14H2,1-3H3. The number of pyridine rings is 1. The van der Waals surface area contributed by atoms with Crippen LogP contribution in [0.1, 0.15) is 38.1 Å². The molecule has 1 atom stereocenters. The van der Waals surface area contributed by atoms with E-state index < -0.39 is 6.10 Å². The van der Waals surface area contributed by atoms with Crippen molar-refractivity contribution in [1.29, 1.82) is 0 Å². The molecule has 1 N–H and O–H groups in total. The predicted molar refractivity (Wildman–Crippen MR) is 85.8 cm³/mol. The van der Waals surface area contributed by atoms with Crippen molar-refractivity contribution in [3.05, 3.63) is 66.0 Å². The maximum absolute atomic E-state index is 10.4. The van der Waals surface area contributed by atoms with Crippen LogP contribution in [-0.4, -0.2) is 27.1 Å². The van der Waals surface area contributed by atoms with Gasteiger partial charge in [0.15, 0.2) is 0 Å². The highest BCUT2D eigenvalue weighted by Gasteiger charge is 2.24. The van der Waals surface area contributed by atoms with E-state index in [1.807, 2.05) is 36.4 Å². The second-order valence-corrected chi connectivity index (χ2v) is 6.31. The Hall–Kier alpha value is -1.71. The number of benzene rings is 1. The highest BCUT2D eigenvalue weighted by atomic mass is 16.3. The van der Waals surface area contributed by atoms with E-state index in [2.05, 4.69) is 42.8 Å². The molecule has 0 amide bonds. The SMILES string of the molecule is CC(C)(C)N(Cc1ccccc1)CC(O)c1ccccn1. The van der Waals surface area contributed by atoms with Crippen molar-refractivity contribution in [2.45, 2.75) is 39.0 Å². The van der Waals surface area contributed by atoms with Gasteiger partial charge in [-0.1, -0.05) is 36.4 Å². The molecule has 0 bridgehead atoms. The predicted octanol–water partition coefficient (Wildman–Crippen LogP) is 3.42. The van der Waals surface area contributed by atoms with E-state index in [4.69, 9.17) is 0 Å². The Balaban J connectivity index is 2.10. The summed E-state index contributed by atoms with van der Waals surface area (Å²) in [6.45, 7) is 7.88. The topological polar surface area (TPSA) is 36.4 Å². The third kappa shape index (κ3) is 4.66. The normalized spacial score (nSPS) is 13.4. The minimum atomic E-state index is -0.575. The van der Waals surface area contributed by atoms with Crippen molar-refractivity contribution in [1.82, 2.24) is 9.88 Å². The molecule has 0 spiro atoms. The Morgan fingerprint density at radius 3 is 2.29 bits per heavy atom.